The van der Waals surface area contributed by atoms with Crippen LogP contribution in [0.15, 0.2) is 18.2 Å². The third kappa shape index (κ3) is 3.33. The average Bonchev–Trinajstić information content (AvgIpc) is 2.91. The Labute approximate surface area is 117 Å². The lowest BCUT2D eigenvalue weighted by atomic mass is 10.0. The minimum absolute atomic E-state index is 0.104. The van der Waals surface area contributed by atoms with Gasteiger partial charge in [-0.2, -0.15) is 0 Å². The number of nitrogens with one attached hydrogen (secondary N) is 2. The number of amides is 1. The van der Waals surface area contributed by atoms with Crippen LogP contribution in [-0.4, -0.2) is 30.5 Å². The van der Waals surface area contributed by atoms with E-state index in [2.05, 4.69) is 10.6 Å². The molecule has 1 fully saturated rings. The van der Waals surface area contributed by atoms with E-state index >= 15 is 0 Å². The molecular formula is C14H19N3O3. The monoisotopic (exact) mass is 277 g/mol. The Balaban J connectivity index is 1.98. The number of para-hydroxylation sites is 1. The van der Waals surface area contributed by atoms with Gasteiger partial charge in [0.05, 0.1) is 4.92 Å². The van der Waals surface area contributed by atoms with Crippen molar-refractivity contribution in [2.45, 2.75) is 19.8 Å². The molecule has 1 saturated heterocycles. The molecule has 108 valence electrons. The van der Waals surface area contributed by atoms with Crippen molar-refractivity contribution in [1.82, 2.24) is 10.6 Å². The van der Waals surface area contributed by atoms with Crippen molar-refractivity contribution < 1.29 is 9.72 Å². The first-order valence-electron chi connectivity index (χ1n) is 6.82. The summed E-state index contributed by atoms with van der Waals surface area (Å²) in [6, 6.07) is 4.80. The third-order valence-electron chi connectivity index (χ3n) is 3.67. The molecule has 0 aromatic heterocycles. The first-order valence-corrected chi connectivity index (χ1v) is 6.82. The molecule has 1 atom stereocenters. The zero-order chi connectivity index (χ0) is 14.5. The summed E-state index contributed by atoms with van der Waals surface area (Å²) in [5.41, 5.74) is 0.537. The van der Waals surface area contributed by atoms with Crippen molar-refractivity contribution >= 4 is 11.6 Å². The number of nitro benzene ring substituents is 1. The van der Waals surface area contributed by atoms with Gasteiger partial charge in [0.2, 0.25) is 0 Å². The van der Waals surface area contributed by atoms with Crippen LogP contribution in [0.4, 0.5) is 5.69 Å². The van der Waals surface area contributed by atoms with E-state index in [4.69, 9.17) is 0 Å². The molecule has 1 aromatic rings. The fourth-order valence-electron chi connectivity index (χ4n) is 2.53. The van der Waals surface area contributed by atoms with Gasteiger partial charge in [0, 0.05) is 12.1 Å². The summed E-state index contributed by atoms with van der Waals surface area (Å²) >= 11 is 0. The van der Waals surface area contributed by atoms with Gasteiger partial charge in [-0.25, -0.2) is 0 Å². The number of carbonyl (C=O) groups is 1. The summed E-state index contributed by atoms with van der Waals surface area (Å²) in [5, 5.41) is 17.1. The van der Waals surface area contributed by atoms with Crippen LogP contribution < -0.4 is 10.6 Å². The van der Waals surface area contributed by atoms with Crippen LogP contribution in [-0.2, 0) is 0 Å². The number of hydrogen-bond donors (Lipinski definition) is 2. The first kappa shape index (κ1) is 14.5. The van der Waals surface area contributed by atoms with Gasteiger partial charge < -0.3 is 10.6 Å². The van der Waals surface area contributed by atoms with Crippen molar-refractivity contribution in [2.24, 2.45) is 5.92 Å². The van der Waals surface area contributed by atoms with Crippen molar-refractivity contribution in [3.05, 3.63) is 39.4 Å². The smallest absolute Gasteiger partial charge is 0.285 e. The number of benzene rings is 1. The maximum Gasteiger partial charge on any atom is 0.285 e. The average molecular weight is 277 g/mol. The van der Waals surface area contributed by atoms with Gasteiger partial charge in [-0.3, -0.25) is 14.9 Å². The molecule has 1 aromatic carbocycles. The number of rotatable bonds is 5. The lowest BCUT2D eigenvalue weighted by Gasteiger charge is -2.10. The Kier molecular flexibility index (Phi) is 4.68. The molecule has 1 amide bonds. The summed E-state index contributed by atoms with van der Waals surface area (Å²) in [6.07, 6.45) is 2.03. The van der Waals surface area contributed by atoms with Crippen LogP contribution in [0.2, 0.25) is 0 Å². The molecule has 1 aliphatic rings. The van der Waals surface area contributed by atoms with E-state index in [1.165, 1.54) is 6.07 Å². The zero-order valence-electron chi connectivity index (χ0n) is 11.5. The summed E-state index contributed by atoms with van der Waals surface area (Å²) in [7, 11) is 0. The van der Waals surface area contributed by atoms with E-state index in [0.29, 0.717) is 18.0 Å². The largest absolute Gasteiger partial charge is 0.352 e. The molecule has 0 radical (unpaired) electrons. The summed E-state index contributed by atoms with van der Waals surface area (Å²) < 4.78 is 0. The Bertz CT molecular complexity index is 510. The Morgan fingerprint density at radius 2 is 2.35 bits per heavy atom. The number of aryl methyl sites for hydroxylation is 1. The van der Waals surface area contributed by atoms with E-state index in [0.717, 1.165) is 25.9 Å². The van der Waals surface area contributed by atoms with E-state index < -0.39 is 4.92 Å². The van der Waals surface area contributed by atoms with E-state index in [1.807, 2.05) is 0 Å². The van der Waals surface area contributed by atoms with Crippen LogP contribution in [0.1, 0.15) is 28.8 Å². The highest BCUT2D eigenvalue weighted by atomic mass is 16.6. The summed E-state index contributed by atoms with van der Waals surface area (Å²) in [4.78, 5) is 22.6. The number of nitro groups is 1. The van der Waals surface area contributed by atoms with E-state index in [-0.39, 0.29) is 17.2 Å². The predicted octanol–water partition coefficient (Wildman–Crippen LogP) is 1.63. The normalized spacial score (nSPS) is 17.9. The molecular weight excluding hydrogens is 258 g/mol. The molecule has 0 aliphatic carbocycles. The van der Waals surface area contributed by atoms with Crippen LogP contribution in [0.5, 0.6) is 0 Å². The van der Waals surface area contributed by atoms with Crippen molar-refractivity contribution in [3.63, 3.8) is 0 Å². The Morgan fingerprint density at radius 1 is 1.55 bits per heavy atom. The van der Waals surface area contributed by atoms with Crippen LogP contribution in [0.3, 0.4) is 0 Å². The van der Waals surface area contributed by atoms with Gasteiger partial charge in [-0.15, -0.1) is 0 Å². The molecule has 2 N–H and O–H groups in total. The van der Waals surface area contributed by atoms with Crippen molar-refractivity contribution in [3.8, 4) is 0 Å². The second-order valence-corrected chi connectivity index (χ2v) is 5.13. The van der Waals surface area contributed by atoms with E-state index in [9.17, 15) is 14.9 Å². The van der Waals surface area contributed by atoms with Crippen LogP contribution in [0, 0.1) is 23.0 Å². The lowest BCUT2D eigenvalue weighted by Crippen LogP contribution is -2.27. The van der Waals surface area contributed by atoms with Crippen molar-refractivity contribution in [2.75, 3.05) is 19.6 Å². The molecule has 6 nitrogen and oxygen atoms in total. The number of carbonyl (C=O) groups excluding carboxylic acids is 1. The highest BCUT2D eigenvalue weighted by Gasteiger charge is 2.22. The standard InChI is InChI=1S/C14H19N3O3/c1-10-3-2-4-12(13(10)17(19)20)14(18)16-8-6-11-5-7-15-9-11/h2-4,11,15H,5-9H2,1H3,(H,16,18). The SMILES string of the molecule is Cc1cccc(C(=O)NCCC2CCNC2)c1[N+](=O)[O-]. The highest BCUT2D eigenvalue weighted by molar-refractivity contribution is 5.98. The van der Waals surface area contributed by atoms with Gasteiger partial charge in [0.25, 0.3) is 11.6 Å². The van der Waals surface area contributed by atoms with Crippen LogP contribution >= 0.6 is 0 Å². The minimum Gasteiger partial charge on any atom is -0.352 e. The zero-order valence-corrected chi connectivity index (χ0v) is 11.5. The second kappa shape index (κ2) is 6.47. The molecule has 1 aliphatic heterocycles. The lowest BCUT2D eigenvalue weighted by molar-refractivity contribution is -0.385. The predicted molar refractivity (Wildman–Crippen MR) is 75.8 cm³/mol. The van der Waals surface area contributed by atoms with Gasteiger partial charge in [-0.05, 0) is 44.8 Å². The van der Waals surface area contributed by atoms with Gasteiger partial charge in [0.1, 0.15) is 5.56 Å². The van der Waals surface area contributed by atoms with E-state index in [1.54, 1.807) is 19.1 Å². The Morgan fingerprint density at radius 3 is 3.00 bits per heavy atom. The topological polar surface area (TPSA) is 84.3 Å². The molecule has 0 bridgehead atoms. The number of hydrogen-bond acceptors (Lipinski definition) is 4. The summed E-state index contributed by atoms with van der Waals surface area (Å²) in [6.45, 7) is 4.21. The fraction of sp³-hybridized carbons (Fsp3) is 0.500. The second-order valence-electron chi connectivity index (χ2n) is 5.13. The molecule has 1 heterocycles. The molecule has 0 saturated carbocycles. The Hall–Kier alpha value is -1.95. The maximum atomic E-state index is 12.1. The van der Waals surface area contributed by atoms with Gasteiger partial charge in [-0.1, -0.05) is 12.1 Å². The molecule has 1 unspecified atom stereocenters. The molecule has 20 heavy (non-hydrogen) atoms. The molecule has 6 heteroatoms. The molecule has 0 spiro atoms. The highest BCUT2D eigenvalue weighted by Crippen LogP contribution is 2.22. The summed E-state index contributed by atoms with van der Waals surface area (Å²) in [5.74, 6) is 0.217. The minimum atomic E-state index is -0.495. The third-order valence-corrected chi connectivity index (χ3v) is 3.67. The van der Waals surface area contributed by atoms with Crippen molar-refractivity contribution in [1.29, 1.82) is 0 Å². The van der Waals surface area contributed by atoms with Gasteiger partial charge in [0.15, 0.2) is 0 Å². The quantitative estimate of drug-likeness (QED) is 0.633. The fourth-order valence-corrected chi connectivity index (χ4v) is 2.53. The maximum absolute atomic E-state index is 12.1. The molecule has 2 rings (SSSR count). The van der Waals surface area contributed by atoms with Gasteiger partial charge >= 0.3 is 0 Å². The number of nitrogens with zero attached hydrogens (tertiary/aromatic N) is 1. The first-order chi connectivity index (χ1) is 9.59. The van der Waals surface area contributed by atoms with Crippen LogP contribution in [0.25, 0.3) is 0 Å².